The molecule has 0 unspecified atom stereocenters. The van der Waals surface area contributed by atoms with Crippen molar-refractivity contribution in [3.8, 4) is 0 Å². The van der Waals surface area contributed by atoms with Gasteiger partial charge in [0.05, 0.1) is 17.7 Å². The van der Waals surface area contributed by atoms with Crippen LogP contribution in [0.4, 0.5) is 0 Å². The Bertz CT molecular complexity index is 472. The summed E-state index contributed by atoms with van der Waals surface area (Å²) in [5.74, 6) is -0.0984. The van der Waals surface area contributed by atoms with Gasteiger partial charge in [-0.05, 0) is 65.2 Å². The third kappa shape index (κ3) is 7.05. The number of hydrogen-bond acceptors (Lipinski definition) is 3. The van der Waals surface area contributed by atoms with Crippen LogP contribution < -0.4 is 5.32 Å². The molecular formula is C18H29NO3. The molecule has 0 aliphatic rings. The van der Waals surface area contributed by atoms with Gasteiger partial charge in [-0.25, -0.2) is 0 Å². The van der Waals surface area contributed by atoms with Crippen LogP contribution in [-0.2, 0) is 11.2 Å². The average Bonchev–Trinajstić information content (AvgIpc) is 2.42. The van der Waals surface area contributed by atoms with Gasteiger partial charge < -0.3 is 15.2 Å². The monoisotopic (exact) mass is 307 g/mol. The molecule has 0 aliphatic carbocycles. The Labute approximate surface area is 133 Å². The molecule has 0 aromatic heterocycles. The minimum atomic E-state index is -0.667. The lowest BCUT2D eigenvalue weighted by Crippen LogP contribution is -2.47. The molecule has 4 nitrogen and oxygen atoms in total. The zero-order valence-electron chi connectivity index (χ0n) is 14.4. The summed E-state index contributed by atoms with van der Waals surface area (Å²) in [6.45, 7) is 10.5. The molecule has 4 heteroatoms. The van der Waals surface area contributed by atoms with Crippen LogP contribution >= 0.6 is 0 Å². The molecule has 0 radical (unpaired) electrons. The van der Waals surface area contributed by atoms with E-state index in [2.05, 4.69) is 5.32 Å². The molecule has 0 fully saturated rings. The molecule has 0 aliphatic heterocycles. The van der Waals surface area contributed by atoms with E-state index in [0.717, 1.165) is 12.0 Å². The van der Waals surface area contributed by atoms with Crippen molar-refractivity contribution in [2.24, 2.45) is 0 Å². The van der Waals surface area contributed by atoms with E-state index in [1.807, 2.05) is 45.0 Å². The predicted molar refractivity (Wildman–Crippen MR) is 89.1 cm³/mol. The number of nitrogens with one attached hydrogen (secondary N) is 1. The number of carbonyl (C=O) groups excluding carboxylic acids is 1. The minimum Gasteiger partial charge on any atom is -0.390 e. The van der Waals surface area contributed by atoms with E-state index in [-0.39, 0.29) is 5.91 Å². The highest BCUT2D eigenvalue weighted by molar-refractivity contribution is 5.94. The van der Waals surface area contributed by atoms with Gasteiger partial charge in [0, 0.05) is 12.2 Å². The van der Waals surface area contributed by atoms with Crippen molar-refractivity contribution in [1.82, 2.24) is 5.32 Å². The van der Waals surface area contributed by atoms with Crippen molar-refractivity contribution in [3.05, 3.63) is 35.4 Å². The Morgan fingerprint density at radius 2 is 1.77 bits per heavy atom. The van der Waals surface area contributed by atoms with Gasteiger partial charge in [0.1, 0.15) is 0 Å². The Kier molecular flexibility index (Phi) is 6.57. The summed E-state index contributed by atoms with van der Waals surface area (Å²) in [4.78, 5) is 12.2. The number of carbonyl (C=O) groups is 1. The molecule has 0 saturated carbocycles. The Balaban J connectivity index is 2.60. The van der Waals surface area contributed by atoms with E-state index in [4.69, 9.17) is 4.74 Å². The quantitative estimate of drug-likeness (QED) is 0.776. The fraction of sp³-hybridized carbons (Fsp3) is 0.611. The van der Waals surface area contributed by atoms with Crippen LogP contribution in [0.1, 0.15) is 57.0 Å². The molecule has 22 heavy (non-hydrogen) atoms. The van der Waals surface area contributed by atoms with Crippen molar-refractivity contribution >= 4 is 5.91 Å². The maximum Gasteiger partial charge on any atom is 0.251 e. The van der Waals surface area contributed by atoms with Gasteiger partial charge in [-0.2, -0.15) is 0 Å². The normalized spacial score (nSPS) is 12.3. The van der Waals surface area contributed by atoms with Crippen LogP contribution in [0.3, 0.4) is 0 Å². The van der Waals surface area contributed by atoms with E-state index < -0.39 is 11.1 Å². The Morgan fingerprint density at radius 1 is 1.18 bits per heavy atom. The molecule has 0 spiro atoms. The van der Waals surface area contributed by atoms with Crippen LogP contribution in [0.5, 0.6) is 0 Å². The van der Waals surface area contributed by atoms with Crippen molar-refractivity contribution in [2.45, 2.75) is 58.6 Å². The van der Waals surface area contributed by atoms with E-state index in [9.17, 15) is 9.90 Å². The highest BCUT2D eigenvalue weighted by Crippen LogP contribution is 2.14. The predicted octanol–water partition coefficient (Wildman–Crippen LogP) is 2.94. The van der Waals surface area contributed by atoms with E-state index in [0.29, 0.717) is 25.2 Å². The second-order valence-electron chi connectivity index (χ2n) is 6.98. The number of amides is 1. The van der Waals surface area contributed by atoms with E-state index in [1.165, 1.54) is 0 Å². The lowest BCUT2D eigenvalue weighted by molar-refractivity contribution is 0.0710. The van der Waals surface area contributed by atoms with Gasteiger partial charge in [-0.15, -0.1) is 0 Å². The molecule has 1 rings (SSSR count). The van der Waals surface area contributed by atoms with Crippen LogP contribution in [-0.4, -0.2) is 35.4 Å². The molecule has 1 amide bonds. The molecule has 0 bridgehead atoms. The summed E-state index contributed by atoms with van der Waals surface area (Å²) in [6.07, 6.45) is 1.49. The molecule has 1 aromatic rings. The third-order valence-corrected chi connectivity index (χ3v) is 3.36. The van der Waals surface area contributed by atoms with Gasteiger partial charge in [0.25, 0.3) is 5.91 Å². The van der Waals surface area contributed by atoms with Crippen LogP contribution in [0.2, 0.25) is 0 Å². The standard InChI is InChI=1S/C18H29NO3/c1-6-22-13-17(2,3)19-16(20)15-9-7-14(8-10-15)11-12-18(4,5)21/h7-10,21H,6,11-13H2,1-5H3,(H,19,20). The molecular weight excluding hydrogens is 278 g/mol. The number of aryl methyl sites for hydroxylation is 1. The van der Waals surface area contributed by atoms with Gasteiger partial charge in [-0.3, -0.25) is 4.79 Å². The van der Waals surface area contributed by atoms with Crippen molar-refractivity contribution < 1.29 is 14.6 Å². The number of hydrogen-bond donors (Lipinski definition) is 2. The zero-order chi connectivity index (χ0) is 16.8. The van der Waals surface area contributed by atoms with Crippen molar-refractivity contribution in [1.29, 1.82) is 0 Å². The topological polar surface area (TPSA) is 58.6 Å². The van der Waals surface area contributed by atoms with Crippen LogP contribution in [0.25, 0.3) is 0 Å². The first-order chi connectivity index (χ1) is 10.1. The van der Waals surface area contributed by atoms with Crippen molar-refractivity contribution in [3.63, 3.8) is 0 Å². The fourth-order valence-electron chi connectivity index (χ4n) is 2.05. The third-order valence-electron chi connectivity index (χ3n) is 3.36. The second kappa shape index (κ2) is 7.75. The highest BCUT2D eigenvalue weighted by atomic mass is 16.5. The highest BCUT2D eigenvalue weighted by Gasteiger charge is 2.21. The van der Waals surface area contributed by atoms with Gasteiger partial charge in [-0.1, -0.05) is 12.1 Å². The summed E-state index contributed by atoms with van der Waals surface area (Å²) in [5.41, 5.74) is 0.690. The van der Waals surface area contributed by atoms with Gasteiger partial charge in [0.15, 0.2) is 0 Å². The van der Waals surface area contributed by atoms with E-state index >= 15 is 0 Å². The lowest BCUT2D eigenvalue weighted by atomic mass is 9.98. The first-order valence-electron chi connectivity index (χ1n) is 7.84. The van der Waals surface area contributed by atoms with Crippen molar-refractivity contribution in [2.75, 3.05) is 13.2 Å². The molecule has 2 N–H and O–H groups in total. The number of aliphatic hydroxyl groups is 1. The molecule has 0 saturated heterocycles. The summed E-state index contributed by atoms with van der Waals surface area (Å²) < 4.78 is 5.38. The van der Waals surface area contributed by atoms with Crippen LogP contribution in [0, 0.1) is 0 Å². The molecule has 124 valence electrons. The first-order valence-corrected chi connectivity index (χ1v) is 7.84. The maximum atomic E-state index is 12.2. The number of ether oxygens (including phenoxy) is 1. The first kappa shape index (κ1) is 18.7. The Morgan fingerprint density at radius 3 is 2.27 bits per heavy atom. The van der Waals surface area contributed by atoms with Gasteiger partial charge in [0.2, 0.25) is 0 Å². The summed E-state index contributed by atoms with van der Waals surface area (Å²) in [7, 11) is 0. The van der Waals surface area contributed by atoms with E-state index in [1.54, 1.807) is 13.8 Å². The smallest absolute Gasteiger partial charge is 0.251 e. The molecule has 1 aromatic carbocycles. The average molecular weight is 307 g/mol. The lowest BCUT2D eigenvalue weighted by Gasteiger charge is -2.26. The summed E-state index contributed by atoms with van der Waals surface area (Å²) in [6, 6.07) is 7.53. The van der Waals surface area contributed by atoms with Crippen LogP contribution in [0.15, 0.2) is 24.3 Å². The Hall–Kier alpha value is -1.39. The number of rotatable bonds is 8. The zero-order valence-corrected chi connectivity index (χ0v) is 14.4. The summed E-state index contributed by atoms with van der Waals surface area (Å²) in [5, 5.41) is 12.7. The fourth-order valence-corrected chi connectivity index (χ4v) is 2.05. The second-order valence-corrected chi connectivity index (χ2v) is 6.98. The largest absolute Gasteiger partial charge is 0.390 e. The maximum absolute atomic E-state index is 12.2. The molecule has 0 atom stereocenters. The van der Waals surface area contributed by atoms with Gasteiger partial charge >= 0.3 is 0 Å². The minimum absolute atomic E-state index is 0.0984. The summed E-state index contributed by atoms with van der Waals surface area (Å²) >= 11 is 0. The number of benzene rings is 1. The molecule has 0 heterocycles. The SMILES string of the molecule is CCOCC(C)(C)NC(=O)c1ccc(CCC(C)(C)O)cc1.